The largest absolute Gasteiger partial charge is 0.378 e. The summed E-state index contributed by atoms with van der Waals surface area (Å²) in [6.07, 6.45) is 7.17. The van der Waals surface area contributed by atoms with Crippen molar-refractivity contribution in [3.63, 3.8) is 0 Å². The number of hydrogen-bond acceptors (Lipinski definition) is 2. The summed E-state index contributed by atoms with van der Waals surface area (Å²) >= 11 is 0. The molecule has 1 fully saturated rings. The van der Waals surface area contributed by atoms with E-state index in [0.717, 1.165) is 19.4 Å². The zero-order valence-corrected chi connectivity index (χ0v) is 11.1. The van der Waals surface area contributed by atoms with Crippen LogP contribution in [0.15, 0.2) is 12.2 Å². The molecule has 0 saturated heterocycles. The summed E-state index contributed by atoms with van der Waals surface area (Å²) in [5, 5.41) is 3.62. The van der Waals surface area contributed by atoms with Gasteiger partial charge in [-0.3, -0.25) is 0 Å². The lowest BCUT2D eigenvalue weighted by Crippen LogP contribution is -2.46. The Bertz CT molecular complexity index is 215. The van der Waals surface area contributed by atoms with Crippen LogP contribution in [-0.2, 0) is 4.74 Å². The Morgan fingerprint density at radius 1 is 1.50 bits per heavy atom. The van der Waals surface area contributed by atoms with Crippen LogP contribution in [0, 0.1) is 0 Å². The van der Waals surface area contributed by atoms with Gasteiger partial charge in [0, 0.05) is 13.2 Å². The topological polar surface area (TPSA) is 21.3 Å². The lowest BCUT2D eigenvalue weighted by Gasteiger charge is -2.43. The predicted molar refractivity (Wildman–Crippen MR) is 69.7 cm³/mol. The third-order valence-electron chi connectivity index (χ3n) is 3.59. The number of nitrogens with one attached hydrogen (secondary N) is 1. The highest BCUT2D eigenvalue weighted by Crippen LogP contribution is 2.39. The van der Waals surface area contributed by atoms with Crippen molar-refractivity contribution >= 4 is 0 Å². The molecule has 1 aliphatic carbocycles. The Kier molecular flexibility index (Phi) is 5.50. The van der Waals surface area contributed by atoms with Crippen LogP contribution in [0.5, 0.6) is 0 Å². The number of ether oxygens (including phenoxy) is 1. The first-order valence-electron chi connectivity index (χ1n) is 6.55. The zero-order chi connectivity index (χ0) is 12.0. The molecule has 2 heteroatoms. The highest BCUT2D eigenvalue weighted by molar-refractivity contribution is 4.99. The second-order valence-electron chi connectivity index (χ2n) is 5.26. The Balaban J connectivity index is 2.44. The van der Waals surface area contributed by atoms with Crippen molar-refractivity contribution in [3.05, 3.63) is 12.2 Å². The van der Waals surface area contributed by atoms with Gasteiger partial charge in [-0.15, -0.1) is 6.58 Å². The van der Waals surface area contributed by atoms with Crippen LogP contribution in [0.25, 0.3) is 0 Å². The van der Waals surface area contributed by atoms with Gasteiger partial charge in [0.05, 0.1) is 5.60 Å². The van der Waals surface area contributed by atoms with Gasteiger partial charge in [-0.2, -0.15) is 0 Å². The van der Waals surface area contributed by atoms with Crippen LogP contribution in [0.3, 0.4) is 0 Å². The van der Waals surface area contributed by atoms with Crippen LogP contribution < -0.4 is 5.32 Å². The fourth-order valence-electron chi connectivity index (χ4n) is 2.50. The minimum atomic E-state index is 0.168. The first-order valence-corrected chi connectivity index (χ1v) is 6.55. The predicted octanol–water partition coefficient (Wildman–Crippen LogP) is 3.28. The van der Waals surface area contributed by atoms with Crippen molar-refractivity contribution in [1.29, 1.82) is 0 Å². The smallest absolute Gasteiger partial charge is 0.0693 e. The molecule has 0 bridgehead atoms. The molecule has 1 atom stereocenters. The highest BCUT2D eigenvalue weighted by atomic mass is 16.5. The molecule has 0 radical (unpaired) electrons. The summed E-state index contributed by atoms with van der Waals surface area (Å²) in [5.41, 5.74) is 1.43. The zero-order valence-electron chi connectivity index (χ0n) is 11.1. The van der Waals surface area contributed by atoms with E-state index >= 15 is 0 Å². The fraction of sp³-hybridized carbons (Fsp3) is 0.857. The van der Waals surface area contributed by atoms with Gasteiger partial charge in [0.1, 0.15) is 0 Å². The van der Waals surface area contributed by atoms with E-state index < -0.39 is 0 Å². The molecule has 1 saturated carbocycles. The minimum absolute atomic E-state index is 0.168. The minimum Gasteiger partial charge on any atom is -0.378 e. The van der Waals surface area contributed by atoms with Gasteiger partial charge < -0.3 is 10.1 Å². The Morgan fingerprint density at radius 2 is 2.19 bits per heavy atom. The van der Waals surface area contributed by atoms with E-state index in [-0.39, 0.29) is 5.60 Å². The second-order valence-corrected chi connectivity index (χ2v) is 5.26. The molecule has 0 aromatic carbocycles. The van der Waals surface area contributed by atoms with Crippen molar-refractivity contribution in [2.24, 2.45) is 0 Å². The van der Waals surface area contributed by atoms with E-state index in [1.54, 1.807) is 0 Å². The Morgan fingerprint density at radius 3 is 2.56 bits per heavy atom. The van der Waals surface area contributed by atoms with E-state index in [9.17, 15) is 0 Å². The monoisotopic (exact) mass is 225 g/mol. The molecule has 1 N–H and O–H groups in total. The van der Waals surface area contributed by atoms with Crippen LogP contribution in [0.4, 0.5) is 0 Å². The van der Waals surface area contributed by atoms with E-state index in [4.69, 9.17) is 4.74 Å². The van der Waals surface area contributed by atoms with Gasteiger partial charge in [-0.25, -0.2) is 0 Å². The molecule has 0 aromatic rings. The molecule has 0 heterocycles. The van der Waals surface area contributed by atoms with Crippen LogP contribution in [-0.4, -0.2) is 25.3 Å². The molecule has 0 amide bonds. The molecule has 94 valence electrons. The van der Waals surface area contributed by atoms with Crippen LogP contribution in [0.1, 0.15) is 52.4 Å². The summed E-state index contributed by atoms with van der Waals surface area (Å²) in [7, 11) is 1.86. The summed E-state index contributed by atoms with van der Waals surface area (Å²) in [6, 6.07) is 0.540. The quantitative estimate of drug-likeness (QED) is 0.640. The average molecular weight is 225 g/mol. The molecule has 0 spiro atoms. The summed E-state index contributed by atoms with van der Waals surface area (Å²) in [4.78, 5) is 0. The van der Waals surface area contributed by atoms with E-state index in [2.05, 4.69) is 25.7 Å². The normalized spacial score (nSPS) is 20.2. The van der Waals surface area contributed by atoms with Crippen molar-refractivity contribution < 1.29 is 4.74 Å². The molecule has 0 aromatic heterocycles. The summed E-state index contributed by atoms with van der Waals surface area (Å²) < 4.78 is 5.70. The van der Waals surface area contributed by atoms with Crippen LogP contribution in [0.2, 0.25) is 0 Å². The third-order valence-corrected chi connectivity index (χ3v) is 3.59. The van der Waals surface area contributed by atoms with Gasteiger partial charge in [0.2, 0.25) is 0 Å². The van der Waals surface area contributed by atoms with Gasteiger partial charge >= 0.3 is 0 Å². The van der Waals surface area contributed by atoms with Gasteiger partial charge in [0.15, 0.2) is 0 Å². The maximum absolute atomic E-state index is 5.70. The molecule has 16 heavy (non-hydrogen) atoms. The molecule has 1 aliphatic rings. The Hall–Kier alpha value is -0.340. The molecule has 2 nitrogen and oxygen atoms in total. The maximum Gasteiger partial charge on any atom is 0.0693 e. The number of hydrogen-bond donors (Lipinski definition) is 1. The van der Waals surface area contributed by atoms with Gasteiger partial charge in [0.25, 0.3) is 0 Å². The SMILES string of the molecule is C=C(C)CC(CC1(OC)CCC1)NCCC. The lowest BCUT2D eigenvalue weighted by atomic mass is 9.75. The van der Waals surface area contributed by atoms with Crippen molar-refractivity contribution in [3.8, 4) is 0 Å². The van der Waals surface area contributed by atoms with Crippen molar-refractivity contribution in [2.75, 3.05) is 13.7 Å². The second kappa shape index (κ2) is 6.41. The van der Waals surface area contributed by atoms with Gasteiger partial charge in [-0.1, -0.05) is 12.5 Å². The fourth-order valence-corrected chi connectivity index (χ4v) is 2.50. The van der Waals surface area contributed by atoms with E-state index in [0.29, 0.717) is 6.04 Å². The first kappa shape index (κ1) is 13.7. The van der Waals surface area contributed by atoms with Crippen molar-refractivity contribution in [1.82, 2.24) is 5.32 Å². The Labute approximate surface area is 100 Å². The molecule has 0 aliphatic heterocycles. The van der Waals surface area contributed by atoms with Crippen LogP contribution >= 0.6 is 0 Å². The third kappa shape index (κ3) is 3.91. The van der Waals surface area contributed by atoms with E-state index in [1.807, 2.05) is 7.11 Å². The molecular formula is C14H27NO. The first-order chi connectivity index (χ1) is 7.62. The summed E-state index contributed by atoms with van der Waals surface area (Å²) in [5.74, 6) is 0. The molecule has 1 unspecified atom stereocenters. The lowest BCUT2D eigenvalue weighted by molar-refractivity contribution is -0.0833. The molecular weight excluding hydrogens is 198 g/mol. The number of methoxy groups -OCH3 is 1. The molecule has 1 rings (SSSR count). The standard InChI is InChI=1S/C14H27NO/c1-5-9-15-13(10-12(2)3)11-14(16-4)7-6-8-14/h13,15H,2,5-11H2,1,3-4H3. The summed E-state index contributed by atoms with van der Waals surface area (Å²) in [6.45, 7) is 9.44. The van der Waals surface area contributed by atoms with Gasteiger partial charge in [-0.05, 0) is 52.0 Å². The average Bonchev–Trinajstić information content (AvgIpc) is 2.19. The maximum atomic E-state index is 5.70. The van der Waals surface area contributed by atoms with E-state index in [1.165, 1.54) is 31.3 Å². The van der Waals surface area contributed by atoms with Crippen molar-refractivity contribution in [2.45, 2.75) is 64.0 Å². The highest BCUT2D eigenvalue weighted by Gasteiger charge is 2.38. The number of rotatable bonds is 8.